The summed E-state index contributed by atoms with van der Waals surface area (Å²) in [5.74, 6) is 0.160. The van der Waals surface area contributed by atoms with Gasteiger partial charge in [0.15, 0.2) is 10.3 Å². The Morgan fingerprint density at radius 2 is 2.38 bits per heavy atom. The van der Waals surface area contributed by atoms with Crippen LogP contribution in [0.3, 0.4) is 0 Å². The normalized spacial score (nSPS) is 11.0. The van der Waals surface area contributed by atoms with E-state index >= 15 is 0 Å². The quantitative estimate of drug-likeness (QED) is 0.701. The number of amides is 1. The monoisotopic (exact) mass is 383 g/mol. The first-order valence-electron chi connectivity index (χ1n) is 5.94. The molecule has 3 rings (SSSR count). The molecule has 21 heavy (non-hydrogen) atoms. The number of hydrogen-bond acceptors (Lipinski definition) is 6. The molecule has 0 aliphatic heterocycles. The maximum absolute atomic E-state index is 11.9. The summed E-state index contributed by atoms with van der Waals surface area (Å²) in [5, 5.41) is 11.8. The first-order valence-corrected chi connectivity index (χ1v) is 8.54. The first kappa shape index (κ1) is 14.5. The second-order valence-corrected chi connectivity index (χ2v) is 7.08. The number of hydrogen-bond donors (Lipinski definition) is 1. The number of aromatic nitrogens is 4. The molecule has 0 atom stereocenters. The molecule has 0 saturated carbocycles. The number of anilines is 1. The van der Waals surface area contributed by atoms with Crippen molar-refractivity contribution in [2.75, 3.05) is 11.1 Å². The topological polar surface area (TPSA) is 72.7 Å². The second kappa shape index (κ2) is 6.12. The van der Waals surface area contributed by atoms with E-state index < -0.39 is 0 Å². The third kappa shape index (κ3) is 3.42. The standard InChI is InChI=1S/C12H10BrN5OS2/c1-18-6-14-17-12(18)20-5-10(19)16-11-15-8-3-2-7(13)4-9(8)21-11/h2-4,6H,5H2,1H3,(H,15,16,19). The summed E-state index contributed by atoms with van der Waals surface area (Å²) in [6.07, 6.45) is 1.60. The van der Waals surface area contributed by atoms with Crippen LogP contribution in [0.1, 0.15) is 0 Å². The van der Waals surface area contributed by atoms with E-state index in [-0.39, 0.29) is 11.7 Å². The molecule has 0 saturated heterocycles. The first-order chi connectivity index (χ1) is 10.1. The summed E-state index contributed by atoms with van der Waals surface area (Å²) in [4.78, 5) is 16.3. The Morgan fingerprint density at radius 1 is 1.52 bits per heavy atom. The van der Waals surface area contributed by atoms with E-state index in [4.69, 9.17) is 0 Å². The van der Waals surface area contributed by atoms with E-state index in [2.05, 4.69) is 36.4 Å². The van der Waals surface area contributed by atoms with Crippen LogP contribution in [0.4, 0.5) is 5.13 Å². The number of thioether (sulfide) groups is 1. The van der Waals surface area contributed by atoms with Crippen molar-refractivity contribution in [3.8, 4) is 0 Å². The van der Waals surface area contributed by atoms with E-state index in [0.29, 0.717) is 10.3 Å². The number of nitrogens with one attached hydrogen (secondary N) is 1. The largest absolute Gasteiger partial charge is 0.312 e. The Hall–Kier alpha value is -1.45. The van der Waals surface area contributed by atoms with Gasteiger partial charge in [-0.3, -0.25) is 4.79 Å². The van der Waals surface area contributed by atoms with Crippen molar-refractivity contribution in [2.24, 2.45) is 7.05 Å². The molecule has 6 nitrogen and oxygen atoms in total. The van der Waals surface area contributed by atoms with E-state index in [0.717, 1.165) is 14.7 Å². The summed E-state index contributed by atoms with van der Waals surface area (Å²) in [6.45, 7) is 0. The molecule has 0 spiro atoms. The lowest BCUT2D eigenvalue weighted by Crippen LogP contribution is -2.14. The van der Waals surface area contributed by atoms with Crippen molar-refractivity contribution in [3.05, 3.63) is 29.0 Å². The maximum atomic E-state index is 11.9. The summed E-state index contributed by atoms with van der Waals surface area (Å²) >= 11 is 6.21. The number of fused-ring (bicyclic) bond motifs is 1. The van der Waals surface area contributed by atoms with Crippen LogP contribution in [0.15, 0.2) is 34.2 Å². The van der Waals surface area contributed by atoms with Gasteiger partial charge in [0.1, 0.15) is 6.33 Å². The van der Waals surface area contributed by atoms with Crippen molar-refractivity contribution >= 4 is 60.3 Å². The highest BCUT2D eigenvalue weighted by molar-refractivity contribution is 9.10. The second-order valence-electron chi connectivity index (χ2n) is 4.19. The summed E-state index contributed by atoms with van der Waals surface area (Å²) < 4.78 is 3.79. The van der Waals surface area contributed by atoms with Crippen molar-refractivity contribution in [3.63, 3.8) is 0 Å². The van der Waals surface area contributed by atoms with Crippen molar-refractivity contribution < 1.29 is 4.79 Å². The van der Waals surface area contributed by atoms with Crippen LogP contribution in [-0.4, -0.2) is 31.4 Å². The number of aryl methyl sites for hydroxylation is 1. The van der Waals surface area contributed by atoms with Crippen LogP contribution in [0.25, 0.3) is 10.2 Å². The van der Waals surface area contributed by atoms with Crippen LogP contribution < -0.4 is 5.32 Å². The summed E-state index contributed by atoms with van der Waals surface area (Å²) in [6, 6.07) is 5.83. The smallest absolute Gasteiger partial charge is 0.236 e. The number of nitrogens with zero attached hydrogens (tertiary/aromatic N) is 4. The van der Waals surface area contributed by atoms with Gasteiger partial charge in [-0.15, -0.1) is 10.2 Å². The molecular weight excluding hydrogens is 374 g/mol. The highest BCUT2D eigenvalue weighted by Crippen LogP contribution is 2.28. The molecule has 0 unspecified atom stereocenters. The average molecular weight is 384 g/mol. The molecule has 0 aliphatic rings. The summed E-state index contributed by atoms with van der Waals surface area (Å²) in [5.41, 5.74) is 0.874. The molecule has 108 valence electrons. The van der Waals surface area contributed by atoms with Crippen LogP contribution >= 0.6 is 39.0 Å². The molecule has 1 aromatic carbocycles. The zero-order valence-electron chi connectivity index (χ0n) is 10.9. The van der Waals surface area contributed by atoms with Gasteiger partial charge >= 0.3 is 0 Å². The Kier molecular flexibility index (Phi) is 4.22. The Bertz CT molecular complexity index is 800. The molecule has 0 radical (unpaired) electrons. The number of rotatable bonds is 4. The zero-order valence-corrected chi connectivity index (χ0v) is 14.1. The highest BCUT2D eigenvalue weighted by Gasteiger charge is 2.10. The predicted molar refractivity (Wildman–Crippen MR) is 87.7 cm³/mol. The SMILES string of the molecule is Cn1cnnc1SCC(=O)Nc1nc2ccc(Br)cc2s1. The molecule has 2 heterocycles. The van der Waals surface area contributed by atoms with Gasteiger partial charge in [0.25, 0.3) is 0 Å². The fourth-order valence-corrected chi connectivity index (χ4v) is 3.76. The fraction of sp³-hybridized carbons (Fsp3) is 0.167. The third-order valence-corrected chi connectivity index (χ3v) is 5.06. The number of thiazole rings is 1. The molecule has 9 heteroatoms. The Labute approximate surface area is 137 Å². The van der Waals surface area contributed by atoms with Gasteiger partial charge in [-0.1, -0.05) is 39.0 Å². The van der Waals surface area contributed by atoms with Crippen molar-refractivity contribution in [2.45, 2.75) is 5.16 Å². The lowest BCUT2D eigenvalue weighted by atomic mass is 10.3. The number of benzene rings is 1. The van der Waals surface area contributed by atoms with Crippen molar-refractivity contribution in [1.29, 1.82) is 0 Å². The fourth-order valence-electron chi connectivity index (χ4n) is 1.64. The number of halogens is 1. The minimum Gasteiger partial charge on any atom is -0.312 e. The molecule has 0 bridgehead atoms. The number of carbonyl (C=O) groups is 1. The van der Waals surface area contributed by atoms with Crippen LogP contribution in [-0.2, 0) is 11.8 Å². The van der Waals surface area contributed by atoms with Gasteiger partial charge < -0.3 is 9.88 Å². The molecule has 0 aliphatic carbocycles. The minimum absolute atomic E-state index is 0.110. The lowest BCUT2D eigenvalue weighted by molar-refractivity contribution is -0.113. The van der Waals surface area contributed by atoms with Gasteiger partial charge in [-0.25, -0.2) is 4.98 Å². The molecule has 1 amide bonds. The maximum Gasteiger partial charge on any atom is 0.236 e. The van der Waals surface area contributed by atoms with Crippen molar-refractivity contribution in [1.82, 2.24) is 19.7 Å². The number of carbonyl (C=O) groups excluding carboxylic acids is 1. The Balaban J connectivity index is 1.64. The van der Waals surface area contributed by atoms with E-state index in [1.54, 1.807) is 10.9 Å². The highest BCUT2D eigenvalue weighted by atomic mass is 79.9. The molecule has 2 aromatic heterocycles. The van der Waals surface area contributed by atoms with E-state index in [1.165, 1.54) is 23.1 Å². The minimum atomic E-state index is -0.110. The lowest BCUT2D eigenvalue weighted by Gasteiger charge is -2.00. The van der Waals surface area contributed by atoms with Crippen LogP contribution in [0.2, 0.25) is 0 Å². The molecule has 1 N–H and O–H groups in total. The van der Waals surface area contributed by atoms with Gasteiger partial charge in [0.2, 0.25) is 5.91 Å². The van der Waals surface area contributed by atoms with Crippen LogP contribution in [0, 0.1) is 0 Å². The van der Waals surface area contributed by atoms with E-state index in [9.17, 15) is 4.79 Å². The molecule has 3 aromatic rings. The van der Waals surface area contributed by atoms with Gasteiger partial charge in [0.05, 0.1) is 16.0 Å². The molecular formula is C12H10BrN5OS2. The van der Waals surface area contributed by atoms with E-state index in [1.807, 2.05) is 25.2 Å². The zero-order chi connectivity index (χ0) is 14.8. The average Bonchev–Trinajstić information content (AvgIpc) is 3.01. The van der Waals surface area contributed by atoms with Gasteiger partial charge in [0, 0.05) is 11.5 Å². The Morgan fingerprint density at radius 3 is 3.14 bits per heavy atom. The third-order valence-electron chi connectivity index (χ3n) is 2.60. The molecule has 0 fully saturated rings. The van der Waals surface area contributed by atoms with Crippen LogP contribution in [0.5, 0.6) is 0 Å². The summed E-state index contributed by atoms with van der Waals surface area (Å²) in [7, 11) is 1.84. The predicted octanol–water partition coefficient (Wildman–Crippen LogP) is 2.92. The van der Waals surface area contributed by atoms with Gasteiger partial charge in [-0.2, -0.15) is 0 Å². The van der Waals surface area contributed by atoms with Gasteiger partial charge in [-0.05, 0) is 18.2 Å².